The van der Waals surface area contributed by atoms with E-state index >= 15 is 0 Å². The van der Waals surface area contributed by atoms with Gasteiger partial charge in [-0.05, 0) is 29.1 Å². The van der Waals surface area contributed by atoms with Gasteiger partial charge in [-0.3, -0.25) is 0 Å². The molecule has 0 N–H and O–H groups in total. The van der Waals surface area contributed by atoms with Gasteiger partial charge in [0.2, 0.25) is 0 Å². The summed E-state index contributed by atoms with van der Waals surface area (Å²) in [5.41, 5.74) is 1.63. The van der Waals surface area contributed by atoms with Gasteiger partial charge in [0.25, 0.3) is 0 Å². The summed E-state index contributed by atoms with van der Waals surface area (Å²) >= 11 is 0. The molecule has 0 saturated heterocycles. The first-order valence-corrected chi connectivity index (χ1v) is 5.27. The van der Waals surface area contributed by atoms with Crippen molar-refractivity contribution in [1.29, 1.82) is 0 Å². The Labute approximate surface area is 77.7 Å². The largest absolute Gasteiger partial charge is 0.0649 e. The van der Waals surface area contributed by atoms with Crippen LogP contribution in [-0.2, 0) is 0 Å². The topological polar surface area (TPSA) is 0 Å². The molecule has 1 aliphatic rings. The van der Waals surface area contributed by atoms with Crippen molar-refractivity contribution in [2.24, 2.45) is 16.2 Å². The van der Waals surface area contributed by atoms with Gasteiger partial charge in [0.15, 0.2) is 0 Å². The van der Waals surface area contributed by atoms with Gasteiger partial charge in [0.05, 0.1) is 0 Å². The highest BCUT2D eigenvalue weighted by molar-refractivity contribution is 5.05. The molecule has 0 heteroatoms. The Hall–Kier alpha value is 0. The molecule has 1 aliphatic carbocycles. The molecule has 12 heavy (non-hydrogen) atoms. The lowest BCUT2D eigenvalue weighted by Crippen LogP contribution is -2.54. The van der Waals surface area contributed by atoms with Crippen molar-refractivity contribution in [2.45, 2.75) is 60.8 Å². The Morgan fingerprint density at radius 3 is 1.67 bits per heavy atom. The molecule has 1 atom stereocenters. The molecule has 0 amide bonds. The summed E-state index contributed by atoms with van der Waals surface area (Å²) in [7, 11) is 0. The minimum absolute atomic E-state index is 0.509. The van der Waals surface area contributed by atoms with Crippen molar-refractivity contribution in [2.75, 3.05) is 0 Å². The summed E-state index contributed by atoms with van der Waals surface area (Å²) in [5, 5.41) is 0. The van der Waals surface area contributed by atoms with Gasteiger partial charge in [-0.1, -0.05) is 48.0 Å². The molecule has 0 aromatic carbocycles. The highest BCUT2D eigenvalue weighted by atomic mass is 14.6. The van der Waals surface area contributed by atoms with Gasteiger partial charge < -0.3 is 0 Å². The van der Waals surface area contributed by atoms with Crippen LogP contribution in [0.15, 0.2) is 0 Å². The molecule has 0 radical (unpaired) electrons. The maximum Gasteiger partial charge on any atom is -0.0223 e. The Balaban J connectivity index is 2.87. The van der Waals surface area contributed by atoms with E-state index in [-0.39, 0.29) is 0 Å². The Morgan fingerprint density at radius 2 is 1.58 bits per heavy atom. The van der Waals surface area contributed by atoms with Crippen molar-refractivity contribution < 1.29 is 0 Å². The average molecular weight is 168 g/mol. The van der Waals surface area contributed by atoms with Crippen LogP contribution in [0.1, 0.15) is 60.8 Å². The second-order valence-electron chi connectivity index (χ2n) is 5.95. The SMILES string of the molecule is CCC(C)(C)C1(C)CCC1(C)C. The van der Waals surface area contributed by atoms with Crippen LogP contribution in [0.2, 0.25) is 0 Å². The van der Waals surface area contributed by atoms with Crippen LogP contribution in [0, 0.1) is 16.2 Å². The lowest BCUT2D eigenvalue weighted by Gasteiger charge is -2.62. The second kappa shape index (κ2) is 2.49. The van der Waals surface area contributed by atoms with Crippen LogP contribution in [0.25, 0.3) is 0 Å². The summed E-state index contributed by atoms with van der Waals surface area (Å²) < 4.78 is 0. The van der Waals surface area contributed by atoms with Gasteiger partial charge in [-0.15, -0.1) is 0 Å². The zero-order chi connectivity index (χ0) is 9.62. The number of hydrogen-bond donors (Lipinski definition) is 0. The summed E-state index contributed by atoms with van der Waals surface area (Å²) in [6.07, 6.45) is 4.13. The molecule has 1 unspecified atom stereocenters. The lowest BCUT2D eigenvalue weighted by atomic mass is 9.42. The molecule has 0 aliphatic heterocycles. The second-order valence-corrected chi connectivity index (χ2v) is 5.95. The van der Waals surface area contributed by atoms with Gasteiger partial charge >= 0.3 is 0 Å². The fraction of sp³-hybridized carbons (Fsp3) is 1.00. The molecule has 1 fully saturated rings. The van der Waals surface area contributed by atoms with E-state index in [1.807, 2.05) is 0 Å². The molecule has 0 heterocycles. The van der Waals surface area contributed by atoms with E-state index < -0.39 is 0 Å². The Morgan fingerprint density at radius 1 is 1.08 bits per heavy atom. The van der Waals surface area contributed by atoms with Crippen LogP contribution in [0.4, 0.5) is 0 Å². The average Bonchev–Trinajstić information content (AvgIpc) is 2.01. The summed E-state index contributed by atoms with van der Waals surface area (Å²) in [6, 6.07) is 0. The lowest BCUT2D eigenvalue weighted by molar-refractivity contribution is -0.129. The van der Waals surface area contributed by atoms with E-state index in [9.17, 15) is 0 Å². The first-order chi connectivity index (χ1) is 5.27. The molecule has 72 valence electrons. The van der Waals surface area contributed by atoms with Gasteiger partial charge in [0, 0.05) is 0 Å². The van der Waals surface area contributed by atoms with Crippen LogP contribution < -0.4 is 0 Å². The molecule has 0 nitrogen and oxygen atoms in total. The molecule has 1 saturated carbocycles. The zero-order valence-corrected chi connectivity index (χ0v) is 9.62. The molecule has 1 rings (SSSR count). The van der Waals surface area contributed by atoms with Crippen molar-refractivity contribution in [1.82, 2.24) is 0 Å². The molecule has 0 aromatic heterocycles. The van der Waals surface area contributed by atoms with E-state index in [2.05, 4.69) is 41.5 Å². The van der Waals surface area contributed by atoms with Crippen molar-refractivity contribution in [3.05, 3.63) is 0 Å². The molecule has 0 spiro atoms. The molecule has 0 aromatic rings. The molecular formula is C12H24. The van der Waals surface area contributed by atoms with Crippen LogP contribution in [-0.4, -0.2) is 0 Å². The third kappa shape index (κ3) is 1.03. The standard InChI is InChI=1S/C12H24/c1-7-10(2,3)12(6)9-8-11(12,4)5/h7-9H2,1-6H3. The fourth-order valence-electron chi connectivity index (χ4n) is 2.64. The summed E-state index contributed by atoms with van der Waals surface area (Å²) in [5.74, 6) is 0. The van der Waals surface area contributed by atoms with Crippen molar-refractivity contribution in [3.63, 3.8) is 0 Å². The monoisotopic (exact) mass is 168 g/mol. The van der Waals surface area contributed by atoms with Gasteiger partial charge in [0.1, 0.15) is 0 Å². The quantitative estimate of drug-likeness (QED) is 0.578. The minimum atomic E-state index is 0.509. The minimum Gasteiger partial charge on any atom is -0.0649 e. The normalized spacial score (nSPS) is 34.5. The van der Waals surface area contributed by atoms with Crippen LogP contribution in [0.3, 0.4) is 0 Å². The summed E-state index contributed by atoms with van der Waals surface area (Å²) in [4.78, 5) is 0. The van der Waals surface area contributed by atoms with Crippen molar-refractivity contribution >= 4 is 0 Å². The van der Waals surface area contributed by atoms with E-state index in [1.165, 1.54) is 19.3 Å². The van der Waals surface area contributed by atoms with Crippen LogP contribution >= 0.6 is 0 Å². The molecular weight excluding hydrogens is 144 g/mol. The zero-order valence-electron chi connectivity index (χ0n) is 9.62. The maximum absolute atomic E-state index is 2.47. The highest BCUT2D eigenvalue weighted by Crippen LogP contribution is 2.65. The van der Waals surface area contributed by atoms with Crippen molar-refractivity contribution in [3.8, 4) is 0 Å². The maximum atomic E-state index is 2.47. The number of hydrogen-bond acceptors (Lipinski definition) is 0. The Kier molecular flexibility index (Phi) is 2.10. The van der Waals surface area contributed by atoms with E-state index in [1.54, 1.807) is 0 Å². The predicted octanol–water partition coefficient (Wildman–Crippen LogP) is 4.25. The van der Waals surface area contributed by atoms with Crippen LogP contribution in [0.5, 0.6) is 0 Å². The van der Waals surface area contributed by atoms with E-state index in [0.717, 1.165) is 0 Å². The summed E-state index contributed by atoms with van der Waals surface area (Å²) in [6.45, 7) is 14.5. The fourth-order valence-corrected chi connectivity index (χ4v) is 2.64. The first kappa shape index (κ1) is 10.1. The van der Waals surface area contributed by atoms with Gasteiger partial charge in [-0.2, -0.15) is 0 Å². The Bertz CT molecular complexity index is 176. The van der Waals surface area contributed by atoms with Gasteiger partial charge in [-0.25, -0.2) is 0 Å². The number of rotatable bonds is 2. The first-order valence-electron chi connectivity index (χ1n) is 5.27. The molecule has 0 bridgehead atoms. The van der Waals surface area contributed by atoms with E-state index in [0.29, 0.717) is 16.2 Å². The smallest absolute Gasteiger partial charge is 0.0223 e. The third-order valence-electron chi connectivity index (χ3n) is 5.12. The third-order valence-corrected chi connectivity index (χ3v) is 5.12. The highest BCUT2D eigenvalue weighted by Gasteiger charge is 2.56. The van der Waals surface area contributed by atoms with E-state index in [4.69, 9.17) is 0 Å². The predicted molar refractivity (Wildman–Crippen MR) is 55.2 cm³/mol.